The monoisotopic (exact) mass is 325 g/mol. The maximum Gasteiger partial charge on any atom is 0.249 e. The average Bonchev–Trinajstić information content (AvgIpc) is 2.56. The highest BCUT2D eigenvalue weighted by atomic mass is 15.3. The van der Waals surface area contributed by atoms with Crippen LogP contribution in [-0.2, 0) is 5.41 Å². The molecule has 2 N–H and O–H groups in total. The minimum Gasteiger partial charge on any atom is -0.366 e. The molecular formula is C19H27N5. The first kappa shape index (κ1) is 16.7. The van der Waals surface area contributed by atoms with Gasteiger partial charge < -0.3 is 10.6 Å². The van der Waals surface area contributed by atoms with E-state index in [0.29, 0.717) is 12.0 Å². The Hall–Kier alpha value is -2.17. The summed E-state index contributed by atoms with van der Waals surface area (Å²) in [5.74, 6) is 1.32. The minimum atomic E-state index is 0.153. The molecule has 1 fully saturated rings. The molecule has 0 spiro atoms. The van der Waals surface area contributed by atoms with Crippen molar-refractivity contribution in [2.75, 3.05) is 10.6 Å². The highest BCUT2D eigenvalue weighted by Gasteiger charge is 2.15. The van der Waals surface area contributed by atoms with Crippen LogP contribution in [0.2, 0.25) is 0 Å². The minimum absolute atomic E-state index is 0.153. The smallest absolute Gasteiger partial charge is 0.249 e. The molecule has 1 saturated carbocycles. The van der Waals surface area contributed by atoms with Crippen molar-refractivity contribution in [3.8, 4) is 0 Å². The van der Waals surface area contributed by atoms with Gasteiger partial charge >= 0.3 is 0 Å². The second-order valence-electron chi connectivity index (χ2n) is 7.60. The van der Waals surface area contributed by atoms with Crippen LogP contribution >= 0.6 is 0 Å². The number of benzene rings is 1. The maximum absolute atomic E-state index is 4.54. The summed E-state index contributed by atoms with van der Waals surface area (Å²) in [4.78, 5) is 4.54. The first-order valence-corrected chi connectivity index (χ1v) is 8.84. The zero-order chi connectivity index (χ0) is 17.0. The van der Waals surface area contributed by atoms with Gasteiger partial charge in [-0.1, -0.05) is 52.2 Å². The lowest BCUT2D eigenvalue weighted by atomic mass is 9.87. The summed E-state index contributed by atoms with van der Waals surface area (Å²) in [7, 11) is 0. The second-order valence-corrected chi connectivity index (χ2v) is 7.60. The van der Waals surface area contributed by atoms with Crippen molar-refractivity contribution in [2.24, 2.45) is 0 Å². The summed E-state index contributed by atoms with van der Waals surface area (Å²) in [5, 5.41) is 14.9. The molecule has 24 heavy (non-hydrogen) atoms. The van der Waals surface area contributed by atoms with Gasteiger partial charge in [0.25, 0.3) is 0 Å². The third-order valence-electron chi connectivity index (χ3n) is 4.52. The molecule has 5 nitrogen and oxygen atoms in total. The van der Waals surface area contributed by atoms with Crippen LogP contribution in [0.1, 0.15) is 58.4 Å². The Morgan fingerprint density at radius 3 is 2.38 bits per heavy atom. The molecule has 0 atom stereocenters. The first-order chi connectivity index (χ1) is 11.5. The number of aromatic nitrogens is 3. The normalized spacial score (nSPS) is 16.0. The van der Waals surface area contributed by atoms with Gasteiger partial charge in [0.2, 0.25) is 5.95 Å². The van der Waals surface area contributed by atoms with Crippen LogP contribution in [0.4, 0.5) is 17.5 Å². The quantitative estimate of drug-likeness (QED) is 0.856. The number of nitrogens with zero attached hydrogens (tertiary/aromatic N) is 3. The number of hydrogen-bond acceptors (Lipinski definition) is 5. The largest absolute Gasteiger partial charge is 0.366 e. The molecule has 0 radical (unpaired) electrons. The van der Waals surface area contributed by atoms with Crippen molar-refractivity contribution in [2.45, 2.75) is 64.3 Å². The van der Waals surface area contributed by atoms with E-state index in [1.165, 1.54) is 37.7 Å². The molecule has 1 aliphatic carbocycles. The van der Waals surface area contributed by atoms with E-state index in [1.54, 1.807) is 6.20 Å². The number of anilines is 3. The van der Waals surface area contributed by atoms with Gasteiger partial charge in [0.15, 0.2) is 5.82 Å². The molecule has 1 aromatic heterocycles. The van der Waals surface area contributed by atoms with E-state index in [-0.39, 0.29) is 5.41 Å². The van der Waals surface area contributed by atoms with E-state index >= 15 is 0 Å². The zero-order valence-electron chi connectivity index (χ0n) is 14.8. The summed E-state index contributed by atoms with van der Waals surface area (Å²) in [6.07, 6.45) is 8.05. The van der Waals surface area contributed by atoms with Crippen molar-refractivity contribution in [3.63, 3.8) is 0 Å². The van der Waals surface area contributed by atoms with Crippen LogP contribution in [0.5, 0.6) is 0 Å². The maximum atomic E-state index is 4.54. The van der Waals surface area contributed by atoms with Crippen molar-refractivity contribution < 1.29 is 0 Å². The Bertz CT molecular complexity index is 654. The molecule has 2 aromatic rings. The Balaban J connectivity index is 1.65. The number of hydrogen-bond donors (Lipinski definition) is 2. The van der Waals surface area contributed by atoms with Crippen molar-refractivity contribution >= 4 is 17.5 Å². The van der Waals surface area contributed by atoms with E-state index in [2.05, 4.69) is 70.9 Å². The fourth-order valence-corrected chi connectivity index (χ4v) is 3.06. The molecule has 1 aliphatic rings. The van der Waals surface area contributed by atoms with E-state index in [9.17, 15) is 0 Å². The molecule has 1 heterocycles. The Morgan fingerprint density at radius 2 is 1.71 bits per heavy atom. The van der Waals surface area contributed by atoms with Crippen LogP contribution in [-0.4, -0.2) is 21.2 Å². The molecule has 0 bridgehead atoms. The lowest BCUT2D eigenvalue weighted by molar-refractivity contribution is 0.461. The van der Waals surface area contributed by atoms with Gasteiger partial charge in [-0.3, -0.25) is 0 Å². The van der Waals surface area contributed by atoms with Crippen molar-refractivity contribution in [1.82, 2.24) is 15.2 Å². The van der Waals surface area contributed by atoms with Crippen LogP contribution < -0.4 is 10.6 Å². The topological polar surface area (TPSA) is 62.7 Å². The van der Waals surface area contributed by atoms with Crippen molar-refractivity contribution in [1.29, 1.82) is 0 Å². The molecule has 0 unspecified atom stereocenters. The third kappa shape index (κ3) is 4.43. The molecule has 128 valence electrons. The molecule has 0 aliphatic heterocycles. The predicted octanol–water partition coefficient (Wildman–Crippen LogP) is 4.66. The Morgan fingerprint density at radius 1 is 1.00 bits per heavy atom. The highest BCUT2D eigenvalue weighted by molar-refractivity contribution is 5.55. The number of rotatable bonds is 4. The average molecular weight is 325 g/mol. The summed E-state index contributed by atoms with van der Waals surface area (Å²) in [6, 6.07) is 8.91. The predicted molar refractivity (Wildman–Crippen MR) is 98.7 cm³/mol. The standard InChI is InChI=1S/C19H27N5/c1-19(2,3)14-9-11-16(12-10-14)22-18-23-17(13-20-24-18)21-15-7-5-4-6-8-15/h9-13,15H,4-8H2,1-3H3,(H2,21,22,23,24). The fraction of sp³-hybridized carbons (Fsp3) is 0.526. The second kappa shape index (κ2) is 7.16. The van der Waals surface area contributed by atoms with Crippen LogP contribution in [0.3, 0.4) is 0 Å². The van der Waals surface area contributed by atoms with Gasteiger partial charge in [0.05, 0.1) is 6.20 Å². The van der Waals surface area contributed by atoms with Crippen LogP contribution in [0.25, 0.3) is 0 Å². The van der Waals surface area contributed by atoms with Gasteiger partial charge in [0, 0.05) is 11.7 Å². The zero-order valence-corrected chi connectivity index (χ0v) is 14.8. The molecule has 0 amide bonds. The van der Waals surface area contributed by atoms with E-state index in [0.717, 1.165) is 11.5 Å². The fourth-order valence-electron chi connectivity index (χ4n) is 3.06. The first-order valence-electron chi connectivity index (χ1n) is 8.84. The van der Waals surface area contributed by atoms with E-state index in [1.807, 2.05) is 0 Å². The highest BCUT2D eigenvalue weighted by Crippen LogP contribution is 2.25. The van der Waals surface area contributed by atoms with Gasteiger partial charge in [-0.15, -0.1) is 5.10 Å². The van der Waals surface area contributed by atoms with E-state index < -0.39 is 0 Å². The third-order valence-corrected chi connectivity index (χ3v) is 4.52. The number of nitrogens with one attached hydrogen (secondary N) is 2. The van der Waals surface area contributed by atoms with Gasteiger partial charge in [-0.25, -0.2) is 0 Å². The molecular weight excluding hydrogens is 298 g/mol. The Labute approximate surface area is 144 Å². The summed E-state index contributed by atoms with van der Waals surface area (Å²) in [5.41, 5.74) is 2.43. The van der Waals surface area contributed by atoms with E-state index in [4.69, 9.17) is 0 Å². The van der Waals surface area contributed by atoms with Gasteiger partial charge in [0.1, 0.15) is 0 Å². The molecule has 1 aromatic carbocycles. The summed E-state index contributed by atoms with van der Waals surface area (Å²) in [6.45, 7) is 6.63. The van der Waals surface area contributed by atoms with Gasteiger partial charge in [-0.05, 0) is 36.0 Å². The SMILES string of the molecule is CC(C)(C)c1ccc(Nc2nncc(NC3CCCCC3)n2)cc1. The lowest BCUT2D eigenvalue weighted by Crippen LogP contribution is -2.23. The Kier molecular flexibility index (Phi) is 4.97. The van der Waals surface area contributed by atoms with Crippen LogP contribution in [0, 0.1) is 0 Å². The molecule has 3 rings (SSSR count). The lowest BCUT2D eigenvalue weighted by Gasteiger charge is -2.23. The van der Waals surface area contributed by atoms with Gasteiger partial charge in [-0.2, -0.15) is 10.1 Å². The van der Waals surface area contributed by atoms with Crippen molar-refractivity contribution in [3.05, 3.63) is 36.0 Å². The molecule has 5 heteroatoms. The van der Waals surface area contributed by atoms with Crippen LogP contribution in [0.15, 0.2) is 30.5 Å². The summed E-state index contributed by atoms with van der Waals surface area (Å²) < 4.78 is 0. The molecule has 0 saturated heterocycles. The summed E-state index contributed by atoms with van der Waals surface area (Å²) >= 11 is 0.